The summed E-state index contributed by atoms with van der Waals surface area (Å²) in [5.41, 5.74) is 0.891. The van der Waals surface area contributed by atoms with E-state index in [0.717, 1.165) is 0 Å². The standard InChI is InChI=1S/C21H25N3O6S/c1-3-23(4-2)21(26)19(14-16-10-12-18(13-11-16)24(27)28)20(25)22-31(29,30)15-17-8-6-5-7-9-17/h5-13,19H,3-4,14-15H2,1-2H3,(H,22,25). The van der Waals surface area contributed by atoms with E-state index in [4.69, 9.17) is 0 Å². The molecule has 0 aliphatic carbocycles. The Morgan fingerprint density at radius 3 is 2.10 bits per heavy atom. The van der Waals surface area contributed by atoms with E-state index in [2.05, 4.69) is 0 Å². The number of benzene rings is 2. The second-order valence-corrected chi connectivity index (χ2v) is 8.62. The van der Waals surface area contributed by atoms with Gasteiger partial charge in [-0.15, -0.1) is 0 Å². The molecule has 2 aromatic rings. The Morgan fingerprint density at radius 2 is 1.58 bits per heavy atom. The molecule has 166 valence electrons. The molecule has 10 heteroatoms. The van der Waals surface area contributed by atoms with Crippen molar-refractivity contribution in [1.29, 1.82) is 0 Å². The predicted molar refractivity (Wildman–Crippen MR) is 115 cm³/mol. The SMILES string of the molecule is CCN(CC)C(=O)C(Cc1ccc([N+](=O)[O-])cc1)C(=O)NS(=O)(=O)Cc1ccccc1. The van der Waals surface area contributed by atoms with E-state index in [0.29, 0.717) is 24.2 Å². The highest BCUT2D eigenvalue weighted by Gasteiger charge is 2.32. The predicted octanol–water partition coefficient (Wildman–Crippen LogP) is 2.27. The van der Waals surface area contributed by atoms with Crippen LogP contribution in [-0.4, -0.2) is 43.1 Å². The molecule has 0 aliphatic heterocycles. The van der Waals surface area contributed by atoms with Crippen molar-refractivity contribution < 1.29 is 22.9 Å². The number of amides is 2. The van der Waals surface area contributed by atoms with E-state index in [1.54, 1.807) is 44.2 Å². The zero-order chi connectivity index (χ0) is 23.0. The highest BCUT2D eigenvalue weighted by molar-refractivity contribution is 7.89. The van der Waals surface area contributed by atoms with Gasteiger partial charge in [0.15, 0.2) is 0 Å². The molecule has 0 aromatic heterocycles. The quantitative estimate of drug-likeness (QED) is 0.338. The lowest BCUT2D eigenvalue weighted by Gasteiger charge is -2.24. The van der Waals surface area contributed by atoms with Crippen LogP contribution in [0.4, 0.5) is 5.69 Å². The normalized spacial score (nSPS) is 12.1. The third-order valence-electron chi connectivity index (χ3n) is 4.73. The molecular formula is C21H25N3O6S. The molecule has 0 saturated carbocycles. The number of hydrogen-bond donors (Lipinski definition) is 1. The van der Waals surface area contributed by atoms with Crippen molar-refractivity contribution in [3.8, 4) is 0 Å². The number of nitro benzene ring substituents is 1. The zero-order valence-corrected chi connectivity index (χ0v) is 18.2. The molecule has 0 heterocycles. The van der Waals surface area contributed by atoms with Crippen molar-refractivity contribution >= 4 is 27.5 Å². The van der Waals surface area contributed by atoms with Gasteiger partial charge in [-0.3, -0.25) is 24.4 Å². The Balaban J connectivity index is 2.25. The first-order chi connectivity index (χ1) is 14.7. The van der Waals surface area contributed by atoms with E-state index < -0.39 is 38.4 Å². The topological polar surface area (TPSA) is 127 Å². The number of nitrogens with one attached hydrogen (secondary N) is 1. The Hall–Kier alpha value is -3.27. The molecule has 0 bridgehead atoms. The maximum absolute atomic E-state index is 12.9. The Kier molecular flexibility index (Phi) is 8.26. The first kappa shape index (κ1) is 24.0. The number of nitro groups is 1. The van der Waals surface area contributed by atoms with Crippen LogP contribution in [0.3, 0.4) is 0 Å². The van der Waals surface area contributed by atoms with Crippen LogP contribution in [0.25, 0.3) is 0 Å². The van der Waals surface area contributed by atoms with Crippen LogP contribution in [0.2, 0.25) is 0 Å². The minimum atomic E-state index is -4.02. The maximum Gasteiger partial charge on any atom is 0.269 e. The van der Waals surface area contributed by atoms with E-state index in [9.17, 15) is 28.1 Å². The summed E-state index contributed by atoms with van der Waals surface area (Å²) in [6.45, 7) is 4.23. The Morgan fingerprint density at radius 1 is 1.00 bits per heavy atom. The van der Waals surface area contributed by atoms with Gasteiger partial charge in [-0.2, -0.15) is 0 Å². The molecule has 2 aromatic carbocycles. The molecule has 31 heavy (non-hydrogen) atoms. The van der Waals surface area contributed by atoms with Gasteiger partial charge in [0.05, 0.1) is 10.7 Å². The van der Waals surface area contributed by atoms with Gasteiger partial charge in [0.1, 0.15) is 5.92 Å². The largest absolute Gasteiger partial charge is 0.343 e. The summed E-state index contributed by atoms with van der Waals surface area (Å²) in [7, 11) is -4.02. The lowest BCUT2D eigenvalue weighted by atomic mass is 9.97. The molecule has 1 atom stereocenters. The smallest absolute Gasteiger partial charge is 0.269 e. The fraction of sp³-hybridized carbons (Fsp3) is 0.333. The summed E-state index contributed by atoms with van der Waals surface area (Å²) in [6, 6.07) is 13.8. The third kappa shape index (κ3) is 6.88. The molecule has 2 amide bonds. The lowest BCUT2D eigenvalue weighted by molar-refractivity contribution is -0.384. The van der Waals surface area contributed by atoms with Gasteiger partial charge in [-0.05, 0) is 31.4 Å². The molecule has 1 unspecified atom stereocenters. The van der Waals surface area contributed by atoms with E-state index in [-0.39, 0.29) is 12.1 Å². The minimum Gasteiger partial charge on any atom is -0.343 e. The summed E-state index contributed by atoms with van der Waals surface area (Å²) in [6.07, 6.45) is -0.0833. The van der Waals surface area contributed by atoms with Gasteiger partial charge >= 0.3 is 0 Å². The molecule has 0 saturated heterocycles. The van der Waals surface area contributed by atoms with Crippen molar-refractivity contribution in [2.24, 2.45) is 5.92 Å². The molecule has 9 nitrogen and oxygen atoms in total. The van der Waals surface area contributed by atoms with Gasteiger partial charge in [0.25, 0.3) is 5.69 Å². The van der Waals surface area contributed by atoms with Crippen LogP contribution in [0.1, 0.15) is 25.0 Å². The number of carbonyl (C=O) groups is 2. The number of non-ortho nitro benzene ring substituents is 1. The van der Waals surface area contributed by atoms with Gasteiger partial charge in [0, 0.05) is 25.2 Å². The Labute approximate surface area is 181 Å². The van der Waals surface area contributed by atoms with Crippen molar-refractivity contribution in [3.05, 3.63) is 75.8 Å². The van der Waals surface area contributed by atoms with Crippen molar-refractivity contribution in [2.75, 3.05) is 13.1 Å². The average molecular weight is 448 g/mol. The van der Waals surface area contributed by atoms with Crippen LogP contribution in [-0.2, 0) is 31.8 Å². The monoisotopic (exact) mass is 447 g/mol. The summed E-state index contributed by atoms with van der Waals surface area (Å²) < 4.78 is 27.0. The van der Waals surface area contributed by atoms with Gasteiger partial charge in [-0.1, -0.05) is 42.5 Å². The van der Waals surface area contributed by atoms with Crippen LogP contribution in [0.5, 0.6) is 0 Å². The first-order valence-electron chi connectivity index (χ1n) is 9.77. The molecule has 1 N–H and O–H groups in total. The molecule has 2 rings (SSSR count). The third-order valence-corrected chi connectivity index (χ3v) is 5.96. The molecule has 0 spiro atoms. The fourth-order valence-electron chi connectivity index (χ4n) is 3.09. The summed E-state index contributed by atoms with van der Waals surface area (Å²) in [5, 5.41) is 10.8. The summed E-state index contributed by atoms with van der Waals surface area (Å²) in [4.78, 5) is 37.5. The minimum absolute atomic E-state index is 0.0833. The number of rotatable bonds is 10. The summed E-state index contributed by atoms with van der Waals surface area (Å²) >= 11 is 0. The van der Waals surface area contributed by atoms with Crippen molar-refractivity contribution in [1.82, 2.24) is 9.62 Å². The average Bonchev–Trinajstić information content (AvgIpc) is 2.73. The van der Waals surface area contributed by atoms with Crippen molar-refractivity contribution in [2.45, 2.75) is 26.0 Å². The number of hydrogen-bond acceptors (Lipinski definition) is 6. The van der Waals surface area contributed by atoms with E-state index in [1.807, 2.05) is 4.72 Å². The molecule has 0 aliphatic rings. The van der Waals surface area contributed by atoms with Gasteiger partial charge < -0.3 is 4.90 Å². The summed E-state index contributed by atoms with van der Waals surface area (Å²) in [5.74, 6) is -3.11. The second kappa shape index (κ2) is 10.7. The maximum atomic E-state index is 12.9. The van der Waals surface area contributed by atoms with E-state index >= 15 is 0 Å². The van der Waals surface area contributed by atoms with Crippen LogP contribution >= 0.6 is 0 Å². The first-order valence-corrected chi connectivity index (χ1v) is 11.4. The van der Waals surface area contributed by atoms with Crippen molar-refractivity contribution in [3.63, 3.8) is 0 Å². The zero-order valence-electron chi connectivity index (χ0n) is 17.4. The van der Waals surface area contributed by atoms with E-state index in [1.165, 1.54) is 29.2 Å². The van der Waals surface area contributed by atoms with Gasteiger partial charge in [0.2, 0.25) is 21.8 Å². The van der Waals surface area contributed by atoms with Crippen LogP contribution in [0.15, 0.2) is 54.6 Å². The Bertz CT molecular complexity index is 1020. The number of nitrogens with zero attached hydrogens (tertiary/aromatic N) is 2. The number of carbonyl (C=O) groups excluding carboxylic acids is 2. The molecule has 0 fully saturated rings. The highest BCUT2D eigenvalue weighted by atomic mass is 32.2. The lowest BCUT2D eigenvalue weighted by Crippen LogP contribution is -2.46. The van der Waals surface area contributed by atoms with Gasteiger partial charge in [-0.25, -0.2) is 8.42 Å². The molecular weight excluding hydrogens is 422 g/mol. The van der Waals surface area contributed by atoms with Crippen LogP contribution < -0.4 is 4.72 Å². The molecule has 0 radical (unpaired) electrons. The number of sulfonamides is 1. The highest BCUT2D eigenvalue weighted by Crippen LogP contribution is 2.18. The second-order valence-electron chi connectivity index (χ2n) is 6.90. The van der Waals surface area contributed by atoms with Crippen LogP contribution in [0, 0.1) is 16.0 Å². The fourth-order valence-corrected chi connectivity index (χ4v) is 4.24.